The summed E-state index contributed by atoms with van der Waals surface area (Å²) in [6.07, 6.45) is 0. The smallest absolute Gasteiger partial charge is 0.311 e. The fourth-order valence-corrected chi connectivity index (χ4v) is 1.83. The molecule has 2 aromatic carbocycles. The number of nitro groups is 2. The highest BCUT2D eigenvalue weighted by atomic mass is 19.1. The van der Waals surface area contributed by atoms with Crippen molar-refractivity contribution in [1.29, 1.82) is 0 Å². The molecule has 0 spiro atoms. The average Bonchev–Trinajstić information content (AvgIpc) is 2.54. The van der Waals surface area contributed by atoms with E-state index in [0.29, 0.717) is 0 Å². The first-order valence-corrected chi connectivity index (χ1v) is 6.58. The minimum atomic E-state index is -1.07. The summed E-state index contributed by atoms with van der Waals surface area (Å²) in [5, 5.41) is 23.6. The van der Waals surface area contributed by atoms with E-state index in [-0.39, 0.29) is 5.69 Å². The molecule has 1 N–H and O–H groups in total. The minimum absolute atomic E-state index is 0.0737. The van der Waals surface area contributed by atoms with Crippen LogP contribution in [0.5, 0.6) is 5.75 Å². The van der Waals surface area contributed by atoms with E-state index in [1.165, 1.54) is 0 Å². The molecule has 2 aromatic rings. The van der Waals surface area contributed by atoms with E-state index in [2.05, 4.69) is 5.32 Å². The molecule has 0 aliphatic carbocycles. The third-order valence-electron chi connectivity index (χ3n) is 2.90. The Hall–Kier alpha value is -3.63. The molecule has 9 nitrogen and oxygen atoms in total. The van der Waals surface area contributed by atoms with E-state index in [4.69, 9.17) is 4.74 Å². The highest BCUT2D eigenvalue weighted by molar-refractivity contribution is 5.92. The lowest BCUT2D eigenvalue weighted by molar-refractivity contribution is -0.387. The Morgan fingerprint density at radius 3 is 2.36 bits per heavy atom. The molecule has 25 heavy (non-hydrogen) atoms. The molecule has 0 fully saturated rings. The number of nitrogens with one attached hydrogen (secondary N) is 1. The number of anilines is 1. The summed E-state index contributed by atoms with van der Waals surface area (Å²) in [6.45, 7) is -0.727. The van der Waals surface area contributed by atoms with Gasteiger partial charge in [0.15, 0.2) is 6.61 Å². The van der Waals surface area contributed by atoms with Gasteiger partial charge in [0.25, 0.3) is 5.91 Å². The number of nitrogens with zero attached hydrogens (tertiary/aromatic N) is 2. The van der Waals surface area contributed by atoms with Gasteiger partial charge in [-0.1, -0.05) is 0 Å². The van der Waals surface area contributed by atoms with Crippen LogP contribution >= 0.6 is 0 Å². The monoisotopic (exact) mass is 353 g/mol. The van der Waals surface area contributed by atoms with E-state index in [9.17, 15) is 33.8 Å². The van der Waals surface area contributed by atoms with Gasteiger partial charge in [0.2, 0.25) is 11.6 Å². The van der Waals surface area contributed by atoms with Crippen molar-refractivity contribution in [1.82, 2.24) is 0 Å². The molecule has 0 heterocycles. The van der Waals surface area contributed by atoms with Crippen molar-refractivity contribution in [3.63, 3.8) is 0 Å². The third kappa shape index (κ3) is 4.43. The Morgan fingerprint density at radius 2 is 1.72 bits per heavy atom. The second-order valence-electron chi connectivity index (χ2n) is 4.63. The lowest BCUT2D eigenvalue weighted by Gasteiger charge is -2.08. The number of ether oxygens (including phenoxy) is 1. The highest BCUT2D eigenvalue weighted by Gasteiger charge is 2.18. The zero-order valence-electron chi connectivity index (χ0n) is 12.3. The number of carbonyl (C=O) groups is 1. The normalized spacial score (nSPS) is 10.2. The van der Waals surface area contributed by atoms with Gasteiger partial charge >= 0.3 is 11.4 Å². The van der Waals surface area contributed by atoms with E-state index < -0.39 is 51.1 Å². The van der Waals surface area contributed by atoms with Crippen molar-refractivity contribution in [3.05, 3.63) is 68.3 Å². The number of rotatable bonds is 6. The summed E-state index contributed by atoms with van der Waals surface area (Å²) in [6, 6.07) is 5.18. The summed E-state index contributed by atoms with van der Waals surface area (Å²) in [4.78, 5) is 31.4. The predicted octanol–water partition coefficient (Wildman–Crippen LogP) is 2.80. The SMILES string of the molecule is O=C(COc1cc(F)ccc1[N+](=O)[O-])Nc1ccc(F)c([N+](=O)[O-])c1. The van der Waals surface area contributed by atoms with Crippen LogP contribution in [0.1, 0.15) is 0 Å². The molecule has 0 atom stereocenters. The zero-order chi connectivity index (χ0) is 18.6. The quantitative estimate of drug-likeness (QED) is 0.629. The summed E-state index contributed by atoms with van der Waals surface area (Å²) in [5.41, 5.74) is -1.44. The molecule has 0 aliphatic heterocycles. The second-order valence-corrected chi connectivity index (χ2v) is 4.63. The van der Waals surface area contributed by atoms with Crippen molar-refractivity contribution in [3.8, 4) is 5.75 Å². The van der Waals surface area contributed by atoms with E-state index >= 15 is 0 Å². The molecule has 0 saturated heterocycles. The minimum Gasteiger partial charge on any atom is -0.477 e. The van der Waals surface area contributed by atoms with E-state index in [1.807, 2.05) is 0 Å². The molecular formula is C14H9F2N3O6. The number of halogens is 2. The number of hydrogen-bond acceptors (Lipinski definition) is 6. The Morgan fingerprint density at radius 1 is 1.04 bits per heavy atom. The van der Waals surface area contributed by atoms with Gasteiger partial charge in [0, 0.05) is 23.9 Å². The Labute approximate surface area is 138 Å². The van der Waals surface area contributed by atoms with Gasteiger partial charge in [-0.2, -0.15) is 4.39 Å². The van der Waals surface area contributed by atoms with Gasteiger partial charge in [0.05, 0.1) is 9.85 Å². The number of hydrogen-bond donors (Lipinski definition) is 1. The van der Waals surface area contributed by atoms with Crippen molar-refractivity contribution < 1.29 is 28.2 Å². The van der Waals surface area contributed by atoms with Gasteiger partial charge in [-0.3, -0.25) is 25.0 Å². The zero-order valence-corrected chi connectivity index (χ0v) is 12.3. The fourth-order valence-electron chi connectivity index (χ4n) is 1.83. The first-order valence-electron chi connectivity index (χ1n) is 6.58. The van der Waals surface area contributed by atoms with Gasteiger partial charge in [-0.05, 0) is 18.2 Å². The highest BCUT2D eigenvalue weighted by Crippen LogP contribution is 2.27. The largest absolute Gasteiger partial charge is 0.477 e. The molecule has 0 saturated carbocycles. The maximum atomic E-state index is 13.2. The van der Waals surface area contributed by atoms with Crippen LogP contribution < -0.4 is 10.1 Å². The van der Waals surface area contributed by atoms with Crippen LogP contribution in [0.4, 0.5) is 25.8 Å². The summed E-state index contributed by atoms with van der Waals surface area (Å²) >= 11 is 0. The van der Waals surface area contributed by atoms with E-state index in [0.717, 1.165) is 36.4 Å². The fraction of sp³-hybridized carbons (Fsp3) is 0.0714. The topological polar surface area (TPSA) is 125 Å². The predicted molar refractivity (Wildman–Crippen MR) is 80.2 cm³/mol. The number of benzene rings is 2. The van der Waals surface area contributed by atoms with Crippen LogP contribution in [0.15, 0.2) is 36.4 Å². The van der Waals surface area contributed by atoms with Crippen LogP contribution in [-0.4, -0.2) is 22.4 Å². The lowest BCUT2D eigenvalue weighted by Crippen LogP contribution is -2.20. The second kappa shape index (κ2) is 7.29. The van der Waals surface area contributed by atoms with Crippen molar-refractivity contribution in [2.24, 2.45) is 0 Å². The molecule has 0 aromatic heterocycles. The Kier molecular flexibility index (Phi) is 5.17. The number of amides is 1. The Bertz CT molecular complexity index is 858. The van der Waals surface area contributed by atoms with Crippen molar-refractivity contribution >= 4 is 23.0 Å². The van der Waals surface area contributed by atoms with E-state index in [1.54, 1.807) is 0 Å². The molecule has 0 radical (unpaired) electrons. The number of nitro benzene ring substituents is 2. The molecule has 0 bridgehead atoms. The molecule has 2 rings (SSSR count). The lowest BCUT2D eigenvalue weighted by atomic mass is 10.2. The van der Waals surface area contributed by atoms with Crippen LogP contribution in [-0.2, 0) is 4.79 Å². The van der Waals surface area contributed by atoms with Crippen molar-refractivity contribution in [2.75, 3.05) is 11.9 Å². The summed E-state index contributed by atoms with van der Waals surface area (Å²) in [5.74, 6) is -3.16. The van der Waals surface area contributed by atoms with Crippen LogP contribution in [0.25, 0.3) is 0 Å². The third-order valence-corrected chi connectivity index (χ3v) is 2.90. The maximum absolute atomic E-state index is 13.2. The van der Waals surface area contributed by atoms with Gasteiger partial charge in [-0.25, -0.2) is 4.39 Å². The molecule has 11 heteroatoms. The molecule has 1 amide bonds. The molecule has 130 valence electrons. The van der Waals surface area contributed by atoms with Crippen LogP contribution in [0.2, 0.25) is 0 Å². The first kappa shape index (κ1) is 17.7. The van der Waals surface area contributed by atoms with Crippen molar-refractivity contribution in [2.45, 2.75) is 0 Å². The van der Waals surface area contributed by atoms with Crippen LogP contribution in [0.3, 0.4) is 0 Å². The van der Waals surface area contributed by atoms with Gasteiger partial charge in [0.1, 0.15) is 5.82 Å². The summed E-state index contributed by atoms with van der Waals surface area (Å²) < 4.78 is 31.3. The number of carbonyl (C=O) groups excluding carboxylic acids is 1. The molecule has 0 aliphatic rings. The van der Waals surface area contributed by atoms with Gasteiger partial charge < -0.3 is 10.1 Å². The Balaban J connectivity index is 2.07. The summed E-state index contributed by atoms with van der Waals surface area (Å²) in [7, 11) is 0. The average molecular weight is 353 g/mol. The maximum Gasteiger partial charge on any atom is 0.311 e. The first-order chi connectivity index (χ1) is 11.8. The molecular weight excluding hydrogens is 344 g/mol. The standard InChI is InChI=1S/C14H9F2N3O6/c15-8-1-4-11(18(21)22)13(5-8)25-7-14(20)17-9-2-3-10(16)12(6-9)19(23)24/h1-6H,7H2,(H,17,20). The molecule has 0 unspecified atom stereocenters. The van der Waals surface area contributed by atoms with Crippen LogP contribution in [0, 0.1) is 31.9 Å². The van der Waals surface area contributed by atoms with Gasteiger partial charge in [-0.15, -0.1) is 0 Å².